The number of aryl methyl sites for hydroxylation is 1. The van der Waals surface area contributed by atoms with Crippen LogP contribution in [0, 0.1) is 0 Å². The van der Waals surface area contributed by atoms with Crippen LogP contribution in [-0.4, -0.2) is 25.3 Å². The standard InChI is InChI=1S/C14H21NO4/c1-4-9-7-10(11(15)5-6-14(16)17)13(19-3)8-12(9)18-2/h7-8,11H,4-6,15H2,1-3H3,(H,16,17). The fourth-order valence-electron chi connectivity index (χ4n) is 1.99. The third-order valence-electron chi connectivity index (χ3n) is 3.08. The van der Waals surface area contributed by atoms with Crippen molar-refractivity contribution in [2.45, 2.75) is 32.2 Å². The lowest BCUT2D eigenvalue weighted by Crippen LogP contribution is -2.14. The van der Waals surface area contributed by atoms with Crippen LogP contribution in [-0.2, 0) is 11.2 Å². The first-order valence-electron chi connectivity index (χ1n) is 6.25. The quantitative estimate of drug-likeness (QED) is 0.791. The van der Waals surface area contributed by atoms with Crippen molar-refractivity contribution < 1.29 is 19.4 Å². The molecule has 0 heterocycles. The van der Waals surface area contributed by atoms with Gasteiger partial charge in [-0.1, -0.05) is 6.92 Å². The number of nitrogens with two attached hydrogens (primary N) is 1. The molecule has 19 heavy (non-hydrogen) atoms. The number of ether oxygens (including phenoxy) is 2. The molecule has 0 amide bonds. The van der Waals surface area contributed by atoms with Crippen molar-refractivity contribution in [1.29, 1.82) is 0 Å². The molecule has 0 saturated heterocycles. The van der Waals surface area contributed by atoms with Crippen LogP contribution < -0.4 is 15.2 Å². The summed E-state index contributed by atoms with van der Waals surface area (Å²) in [5, 5.41) is 8.71. The zero-order valence-corrected chi connectivity index (χ0v) is 11.6. The number of hydrogen-bond donors (Lipinski definition) is 2. The maximum absolute atomic E-state index is 10.6. The first-order valence-corrected chi connectivity index (χ1v) is 6.25. The van der Waals surface area contributed by atoms with Gasteiger partial charge in [-0.05, 0) is 24.5 Å². The molecule has 3 N–H and O–H groups in total. The van der Waals surface area contributed by atoms with Gasteiger partial charge in [0.05, 0.1) is 14.2 Å². The fourth-order valence-corrected chi connectivity index (χ4v) is 1.99. The second-order valence-electron chi connectivity index (χ2n) is 4.30. The van der Waals surface area contributed by atoms with E-state index in [4.69, 9.17) is 20.3 Å². The Bertz CT molecular complexity index is 445. The van der Waals surface area contributed by atoms with Gasteiger partial charge in [-0.3, -0.25) is 4.79 Å². The van der Waals surface area contributed by atoms with Crippen molar-refractivity contribution in [2.75, 3.05) is 14.2 Å². The second-order valence-corrected chi connectivity index (χ2v) is 4.30. The summed E-state index contributed by atoms with van der Waals surface area (Å²) in [6, 6.07) is 3.38. The van der Waals surface area contributed by atoms with Crippen molar-refractivity contribution in [2.24, 2.45) is 5.73 Å². The SMILES string of the molecule is CCc1cc(C(N)CCC(=O)O)c(OC)cc1OC. The molecule has 106 valence electrons. The van der Waals surface area contributed by atoms with Crippen LogP contribution in [0.15, 0.2) is 12.1 Å². The third-order valence-corrected chi connectivity index (χ3v) is 3.08. The molecule has 0 radical (unpaired) electrons. The normalized spacial score (nSPS) is 12.0. The zero-order valence-electron chi connectivity index (χ0n) is 11.6. The van der Waals surface area contributed by atoms with E-state index in [1.807, 2.05) is 13.0 Å². The maximum Gasteiger partial charge on any atom is 0.303 e. The molecule has 0 aliphatic rings. The number of methoxy groups -OCH3 is 2. The van der Waals surface area contributed by atoms with E-state index in [2.05, 4.69) is 0 Å². The number of carbonyl (C=O) groups is 1. The number of rotatable bonds is 7. The Labute approximate surface area is 113 Å². The van der Waals surface area contributed by atoms with E-state index < -0.39 is 5.97 Å². The molecule has 1 atom stereocenters. The Morgan fingerprint density at radius 3 is 2.42 bits per heavy atom. The monoisotopic (exact) mass is 267 g/mol. The van der Waals surface area contributed by atoms with E-state index in [0.717, 1.165) is 23.3 Å². The number of hydrogen-bond acceptors (Lipinski definition) is 4. The van der Waals surface area contributed by atoms with Crippen molar-refractivity contribution >= 4 is 5.97 Å². The van der Waals surface area contributed by atoms with E-state index in [9.17, 15) is 4.79 Å². The highest BCUT2D eigenvalue weighted by Crippen LogP contribution is 2.33. The lowest BCUT2D eigenvalue weighted by molar-refractivity contribution is -0.137. The Balaban J connectivity index is 3.06. The van der Waals surface area contributed by atoms with Crippen LogP contribution in [0.25, 0.3) is 0 Å². The number of benzene rings is 1. The number of aliphatic carboxylic acids is 1. The molecule has 5 nitrogen and oxygen atoms in total. The van der Waals surface area contributed by atoms with Gasteiger partial charge in [0, 0.05) is 24.1 Å². The van der Waals surface area contributed by atoms with Crippen LogP contribution >= 0.6 is 0 Å². The molecule has 1 aromatic carbocycles. The predicted octanol–water partition coefficient (Wildman–Crippen LogP) is 2.13. The minimum atomic E-state index is -0.848. The average Bonchev–Trinajstić information content (AvgIpc) is 2.42. The summed E-state index contributed by atoms with van der Waals surface area (Å²) in [7, 11) is 3.17. The number of carboxylic acids is 1. The predicted molar refractivity (Wildman–Crippen MR) is 72.7 cm³/mol. The van der Waals surface area contributed by atoms with E-state index in [0.29, 0.717) is 12.2 Å². The Morgan fingerprint density at radius 2 is 1.95 bits per heavy atom. The first-order chi connectivity index (χ1) is 9.03. The van der Waals surface area contributed by atoms with Gasteiger partial charge in [-0.25, -0.2) is 0 Å². The van der Waals surface area contributed by atoms with Gasteiger partial charge in [0.25, 0.3) is 0 Å². The second kappa shape index (κ2) is 6.99. The van der Waals surface area contributed by atoms with Crippen molar-refractivity contribution in [1.82, 2.24) is 0 Å². The van der Waals surface area contributed by atoms with Gasteiger partial charge in [-0.15, -0.1) is 0 Å². The molecule has 0 bridgehead atoms. The molecule has 0 aromatic heterocycles. The largest absolute Gasteiger partial charge is 0.496 e. The lowest BCUT2D eigenvalue weighted by Gasteiger charge is -2.18. The summed E-state index contributed by atoms with van der Waals surface area (Å²) in [5.41, 5.74) is 7.90. The highest BCUT2D eigenvalue weighted by Gasteiger charge is 2.16. The van der Waals surface area contributed by atoms with Gasteiger partial charge >= 0.3 is 5.97 Å². The van der Waals surface area contributed by atoms with Crippen LogP contribution in [0.2, 0.25) is 0 Å². The lowest BCUT2D eigenvalue weighted by atomic mass is 9.98. The molecule has 0 saturated carbocycles. The van der Waals surface area contributed by atoms with Gasteiger partial charge < -0.3 is 20.3 Å². The van der Waals surface area contributed by atoms with E-state index in [1.54, 1.807) is 20.3 Å². The molecule has 0 spiro atoms. The minimum Gasteiger partial charge on any atom is -0.496 e. The minimum absolute atomic E-state index is 0.0395. The Morgan fingerprint density at radius 1 is 1.32 bits per heavy atom. The Kier molecular flexibility index (Phi) is 5.63. The van der Waals surface area contributed by atoms with Crippen LogP contribution in [0.1, 0.15) is 36.9 Å². The summed E-state index contributed by atoms with van der Waals surface area (Å²) in [6.07, 6.45) is 1.23. The van der Waals surface area contributed by atoms with E-state index in [-0.39, 0.29) is 12.5 Å². The topological polar surface area (TPSA) is 81.8 Å². The molecular weight excluding hydrogens is 246 g/mol. The third kappa shape index (κ3) is 3.86. The molecule has 1 aromatic rings. The molecule has 5 heteroatoms. The average molecular weight is 267 g/mol. The molecule has 0 fully saturated rings. The first kappa shape index (κ1) is 15.3. The summed E-state index contributed by atoms with van der Waals surface area (Å²) in [4.78, 5) is 10.6. The fraction of sp³-hybridized carbons (Fsp3) is 0.500. The van der Waals surface area contributed by atoms with Gasteiger partial charge in [0.2, 0.25) is 0 Å². The van der Waals surface area contributed by atoms with Crippen molar-refractivity contribution in [3.63, 3.8) is 0 Å². The summed E-state index contributed by atoms with van der Waals surface area (Å²) < 4.78 is 10.6. The highest BCUT2D eigenvalue weighted by atomic mass is 16.5. The highest BCUT2D eigenvalue weighted by molar-refractivity contribution is 5.66. The summed E-state index contributed by atoms with van der Waals surface area (Å²) >= 11 is 0. The van der Waals surface area contributed by atoms with Crippen molar-refractivity contribution in [3.8, 4) is 11.5 Å². The number of carboxylic acid groups (broad SMARTS) is 1. The molecule has 0 aliphatic carbocycles. The molecular formula is C14H21NO4. The summed E-state index contributed by atoms with van der Waals surface area (Å²) in [6.45, 7) is 2.02. The van der Waals surface area contributed by atoms with Crippen molar-refractivity contribution in [3.05, 3.63) is 23.3 Å². The molecule has 1 unspecified atom stereocenters. The van der Waals surface area contributed by atoms with E-state index >= 15 is 0 Å². The smallest absolute Gasteiger partial charge is 0.303 e. The molecule has 1 rings (SSSR count). The zero-order chi connectivity index (χ0) is 14.4. The van der Waals surface area contributed by atoms with Crippen LogP contribution in [0.3, 0.4) is 0 Å². The Hall–Kier alpha value is -1.75. The van der Waals surface area contributed by atoms with Gasteiger partial charge in [-0.2, -0.15) is 0 Å². The van der Waals surface area contributed by atoms with Crippen LogP contribution in [0.4, 0.5) is 0 Å². The molecule has 0 aliphatic heterocycles. The van der Waals surface area contributed by atoms with Gasteiger partial charge in [0.1, 0.15) is 11.5 Å². The van der Waals surface area contributed by atoms with E-state index in [1.165, 1.54) is 0 Å². The van der Waals surface area contributed by atoms with Gasteiger partial charge in [0.15, 0.2) is 0 Å². The summed E-state index contributed by atoms with van der Waals surface area (Å²) in [5.74, 6) is 0.541. The van der Waals surface area contributed by atoms with Crippen LogP contribution in [0.5, 0.6) is 11.5 Å². The maximum atomic E-state index is 10.6.